The van der Waals surface area contributed by atoms with E-state index in [2.05, 4.69) is 4.72 Å². The van der Waals surface area contributed by atoms with Crippen molar-refractivity contribution in [2.75, 3.05) is 17.9 Å². The van der Waals surface area contributed by atoms with E-state index in [1.807, 2.05) is 4.90 Å². The van der Waals surface area contributed by atoms with Crippen LogP contribution in [0.1, 0.15) is 36.0 Å². The molecule has 0 spiro atoms. The number of nitrogens with zero attached hydrogens (tertiary/aromatic N) is 1. The van der Waals surface area contributed by atoms with Gasteiger partial charge in [0.25, 0.3) is 15.9 Å². The van der Waals surface area contributed by atoms with Crippen molar-refractivity contribution in [3.8, 4) is 5.75 Å². The van der Waals surface area contributed by atoms with E-state index < -0.39 is 10.0 Å². The first kappa shape index (κ1) is 17.9. The SMILES string of the molecule is O=C1c2cc(NS(=O)(=O)c3ccccc3)ccc2OCCC2CCCCN12. The summed E-state index contributed by atoms with van der Waals surface area (Å²) in [5, 5.41) is 0. The Morgan fingerprint density at radius 1 is 1.04 bits per heavy atom. The van der Waals surface area contributed by atoms with Crippen LogP contribution in [0.25, 0.3) is 0 Å². The number of ether oxygens (including phenoxy) is 1. The van der Waals surface area contributed by atoms with Crippen LogP contribution in [0.4, 0.5) is 5.69 Å². The van der Waals surface area contributed by atoms with Gasteiger partial charge in [0.15, 0.2) is 0 Å². The van der Waals surface area contributed by atoms with Gasteiger partial charge in [-0.1, -0.05) is 18.2 Å². The van der Waals surface area contributed by atoms with Crippen molar-refractivity contribution in [2.45, 2.75) is 36.6 Å². The Labute approximate surface area is 159 Å². The number of carbonyl (C=O) groups excluding carboxylic acids is 1. The quantitative estimate of drug-likeness (QED) is 0.878. The molecule has 0 aromatic heterocycles. The van der Waals surface area contributed by atoms with E-state index in [1.54, 1.807) is 36.4 Å². The molecule has 2 aromatic rings. The van der Waals surface area contributed by atoms with E-state index in [9.17, 15) is 13.2 Å². The number of nitrogens with one attached hydrogen (secondary N) is 1. The lowest BCUT2D eigenvalue weighted by Crippen LogP contribution is -2.45. The normalized spacial score (nSPS) is 19.9. The zero-order valence-corrected chi connectivity index (χ0v) is 15.7. The lowest BCUT2D eigenvalue weighted by Gasteiger charge is -2.37. The topological polar surface area (TPSA) is 75.7 Å². The molecule has 1 fully saturated rings. The zero-order valence-electron chi connectivity index (χ0n) is 14.9. The summed E-state index contributed by atoms with van der Waals surface area (Å²) < 4.78 is 33.5. The number of fused-ring (bicyclic) bond motifs is 2. The number of rotatable bonds is 3. The van der Waals surface area contributed by atoms with Crippen LogP contribution in [0.15, 0.2) is 53.4 Å². The number of sulfonamides is 1. The summed E-state index contributed by atoms with van der Waals surface area (Å²) in [6.07, 6.45) is 3.94. The van der Waals surface area contributed by atoms with E-state index in [0.717, 1.165) is 32.2 Å². The summed E-state index contributed by atoms with van der Waals surface area (Å²) >= 11 is 0. The van der Waals surface area contributed by atoms with Crippen molar-refractivity contribution in [1.82, 2.24) is 4.90 Å². The van der Waals surface area contributed by atoms with Crippen LogP contribution < -0.4 is 9.46 Å². The standard InChI is InChI=1S/C20H22N2O4S/c23-20-18-14-15(21-27(24,25)17-7-2-1-3-8-17)9-10-19(18)26-13-11-16-6-4-5-12-22(16)20/h1-3,7-10,14,16,21H,4-6,11-13H2. The predicted molar refractivity (Wildman–Crippen MR) is 102 cm³/mol. The van der Waals surface area contributed by atoms with E-state index >= 15 is 0 Å². The number of hydrogen-bond acceptors (Lipinski definition) is 4. The highest BCUT2D eigenvalue weighted by Gasteiger charge is 2.31. The van der Waals surface area contributed by atoms with Crippen molar-refractivity contribution < 1.29 is 17.9 Å². The Balaban J connectivity index is 1.65. The molecule has 1 N–H and O–H groups in total. The number of anilines is 1. The third kappa shape index (κ3) is 3.64. The van der Waals surface area contributed by atoms with Gasteiger partial charge >= 0.3 is 0 Å². The molecule has 142 valence electrons. The molecule has 6 nitrogen and oxygen atoms in total. The van der Waals surface area contributed by atoms with Gasteiger partial charge in [-0.25, -0.2) is 8.42 Å². The molecule has 2 aliphatic heterocycles. The average Bonchev–Trinajstić information content (AvgIpc) is 2.68. The first-order valence-corrected chi connectivity index (χ1v) is 10.7. The first-order valence-electron chi connectivity index (χ1n) is 9.20. The fourth-order valence-electron chi connectivity index (χ4n) is 3.73. The molecule has 0 radical (unpaired) electrons. The first-order chi connectivity index (χ1) is 13.0. The second-order valence-electron chi connectivity index (χ2n) is 6.91. The summed E-state index contributed by atoms with van der Waals surface area (Å²) in [4.78, 5) is 15.2. The van der Waals surface area contributed by atoms with Gasteiger partial charge in [0, 0.05) is 24.7 Å². The molecule has 0 saturated carbocycles. The predicted octanol–water partition coefficient (Wildman–Crippen LogP) is 3.26. The van der Waals surface area contributed by atoms with Crippen LogP contribution in [0.3, 0.4) is 0 Å². The van der Waals surface area contributed by atoms with Crippen molar-refractivity contribution in [2.24, 2.45) is 0 Å². The van der Waals surface area contributed by atoms with Crippen molar-refractivity contribution in [3.63, 3.8) is 0 Å². The second kappa shape index (κ2) is 7.23. The summed E-state index contributed by atoms with van der Waals surface area (Å²) in [6, 6.07) is 13.2. The minimum atomic E-state index is -3.71. The van der Waals surface area contributed by atoms with E-state index in [0.29, 0.717) is 23.6 Å². The van der Waals surface area contributed by atoms with Crippen molar-refractivity contribution >= 4 is 21.6 Å². The summed E-state index contributed by atoms with van der Waals surface area (Å²) in [6.45, 7) is 1.29. The maximum atomic E-state index is 13.1. The van der Waals surface area contributed by atoms with Crippen molar-refractivity contribution in [3.05, 3.63) is 54.1 Å². The molecular formula is C20H22N2O4S. The number of piperidine rings is 1. The van der Waals surface area contributed by atoms with E-state index in [4.69, 9.17) is 4.74 Å². The van der Waals surface area contributed by atoms with Gasteiger partial charge in [0.2, 0.25) is 0 Å². The van der Waals surface area contributed by atoms with Crippen LogP contribution in [-0.4, -0.2) is 38.4 Å². The lowest BCUT2D eigenvalue weighted by molar-refractivity contribution is 0.0548. The molecule has 1 amide bonds. The van der Waals surface area contributed by atoms with Crippen LogP contribution >= 0.6 is 0 Å². The summed E-state index contributed by atoms with van der Waals surface area (Å²) in [5.74, 6) is 0.418. The van der Waals surface area contributed by atoms with Crippen LogP contribution in [-0.2, 0) is 10.0 Å². The summed E-state index contributed by atoms with van der Waals surface area (Å²) in [5.41, 5.74) is 0.763. The summed E-state index contributed by atoms with van der Waals surface area (Å²) in [7, 11) is -3.71. The second-order valence-corrected chi connectivity index (χ2v) is 8.60. The van der Waals surface area contributed by atoms with Gasteiger partial charge < -0.3 is 9.64 Å². The van der Waals surface area contributed by atoms with Gasteiger partial charge in [0.05, 0.1) is 17.1 Å². The fourth-order valence-corrected chi connectivity index (χ4v) is 4.80. The van der Waals surface area contributed by atoms with E-state index in [-0.39, 0.29) is 16.8 Å². The van der Waals surface area contributed by atoms with E-state index in [1.165, 1.54) is 12.1 Å². The van der Waals surface area contributed by atoms with Crippen LogP contribution in [0, 0.1) is 0 Å². The molecule has 2 aliphatic rings. The molecule has 1 unspecified atom stereocenters. The maximum absolute atomic E-state index is 13.1. The zero-order chi connectivity index (χ0) is 18.9. The molecule has 1 atom stereocenters. The molecule has 27 heavy (non-hydrogen) atoms. The number of amides is 1. The number of hydrogen-bond donors (Lipinski definition) is 1. The number of carbonyl (C=O) groups is 1. The van der Waals surface area contributed by atoms with Crippen molar-refractivity contribution in [1.29, 1.82) is 0 Å². The maximum Gasteiger partial charge on any atom is 0.261 e. The molecule has 0 aliphatic carbocycles. The van der Waals surface area contributed by atoms with Crippen LogP contribution in [0.2, 0.25) is 0 Å². The largest absolute Gasteiger partial charge is 0.493 e. The average molecular weight is 386 g/mol. The fraction of sp³-hybridized carbons (Fsp3) is 0.350. The van der Waals surface area contributed by atoms with Gasteiger partial charge in [-0.15, -0.1) is 0 Å². The minimum absolute atomic E-state index is 0.0878. The Morgan fingerprint density at radius 3 is 2.67 bits per heavy atom. The van der Waals surface area contributed by atoms with Gasteiger partial charge in [0.1, 0.15) is 5.75 Å². The molecule has 4 rings (SSSR count). The third-order valence-corrected chi connectivity index (χ3v) is 6.51. The highest BCUT2D eigenvalue weighted by atomic mass is 32.2. The monoisotopic (exact) mass is 386 g/mol. The molecule has 0 bridgehead atoms. The molecule has 1 saturated heterocycles. The highest BCUT2D eigenvalue weighted by molar-refractivity contribution is 7.92. The molecule has 2 heterocycles. The number of benzene rings is 2. The van der Waals surface area contributed by atoms with Gasteiger partial charge in [-0.2, -0.15) is 0 Å². The minimum Gasteiger partial charge on any atom is -0.493 e. The highest BCUT2D eigenvalue weighted by Crippen LogP contribution is 2.31. The van der Waals surface area contributed by atoms with Gasteiger partial charge in [-0.05, 0) is 49.6 Å². The molecular weight excluding hydrogens is 364 g/mol. The lowest BCUT2D eigenvalue weighted by atomic mass is 9.97. The van der Waals surface area contributed by atoms with Crippen LogP contribution in [0.5, 0.6) is 5.75 Å². The Kier molecular flexibility index (Phi) is 4.78. The third-order valence-electron chi connectivity index (χ3n) is 5.11. The Hall–Kier alpha value is -2.54. The van der Waals surface area contributed by atoms with Gasteiger partial charge in [-0.3, -0.25) is 9.52 Å². The Bertz CT molecular complexity index is 944. The molecule has 7 heteroatoms. The smallest absolute Gasteiger partial charge is 0.261 e. The Morgan fingerprint density at radius 2 is 1.85 bits per heavy atom. The molecule has 2 aromatic carbocycles.